The number of morpholine rings is 1. The molecular weight excluding hydrogens is 548 g/mol. The highest BCUT2D eigenvalue weighted by atomic mass is 32.2. The number of benzene rings is 2. The number of nitrogens with one attached hydrogen (secondary N) is 1. The molecular formula is C26H31F2N5O4S2. The molecule has 2 atom stereocenters. The van der Waals surface area contributed by atoms with E-state index >= 15 is 0 Å². The van der Waals surface area contributed by atoms with Gasteiger partial charge in [-0.15, -0.1) is 0 Å². The molecule has 2 aromatic carbocycles. The van der Waals surface area contributed by atoms with Crippen molar-refractivity contribution in [2.24, 2.45) is 0 Å². The molecule has 210 valence electrons. The van der Waals surface area contributed by atoms with Gasteiger partial charge in [0, 0.05) is 64.0 Å². The summed E-state index contributed by atoms with van der Waals surface area (Å²) in [5, 5.41) is 3.57. The maximum Gasteiger partial charge on any atom is 0.251 e. The van der Waals surface area contributed by atoms with Gasteiger partial charge in [-0.3, -0.25) is 9.69 Å². The van der Waals surface area contributed by atoms with Gasteiger partial charge in [0.1, 0.15) is 11.3 Å². The van der Waals surface area contributed by atoms with Crippen LogP contribution in [0.1, 0.15) is 24.2 Å². The number of thiazole rings is 1. The molecule has 3 aromatic rings. The number of sulfonamides is 1. The molecule has 0 saturated carbocycles. The van der Waals surface area contributed by atoms with Crippen LogP contribution in [-0.4, -0.2) is 93.1 Å². The molecule has 2 fully saturated rings. The Hall–Kier alpha value is -2.71. The molecule has 13 heteroatoms. The molecule has 2 aliphatic rings. The first-order valence-corrected chi connectivity index (χ1v) is 15.1. The van der Waals surface area contributed by atoms with Crippen molar-refractivity contribution in [3.8, 4) is 0 Å². The standard InChI is InChI=1S/C26H31F2N5O4S2/c1-17-15-33(16-18(2)37-17)39(35,36)21-5-3-19(4-6-21)25(34)29-7-8-31-9-11-32(12-10-31)26-30-24-22(28)13-20(27)14-23(24)38-26/h3-6,13-14,17-18H,7-12,15-16H2,1-2H3,(H,29,34). The molecule has 3 heterocycles. The third-order valence-electron chi connectivity index (χ3n) is 6.90. The first kappa shape index (κ1) is 27.8. The predicted octanol–water partition coefficient (Wildman–Crippen LogP) is 2.92. The Morgan fingerprint density at radius 1 is 1.08 bits per heavy atom. The van der Waals surface area contributed by atoms with Crippen molar-refractivity contribution < 1.29 is 26.7 Å². The van der Waals surface area contributed by atoms with Crippen molar-refractivity contribution in [2.75, 3.05) is 57.3 Å². The van der Waals surface area contributed by atoms with Crippen LogP contribution in [0.2, 0.25) is 0 Å². The van der Waals surface area contributed by atoms with Crippen molar-refractivity contribution >= 4 is 42.6 Å². The fraction of sp³-hybridized carbons (Fsp3) is 0.462. The monoisotopic (exact) mass is 579 g/mol. The molecule has 1 aromatic heterocycles. The first-order chi connectivity index (χ1) is 18.6. The fourth-order valence-corrected chi connectivity index (χ4v) is 7.57. The Balaban J connectivity index is 1.09. The second kappa shape index (κ2) is 11.4. The number of hydrogen-bond acceptors (Lipinski definition) is 8. The van der Waals surface area contributed by atoms with Gasteiger partial charge in [0.25, 0.3) is 5.91 Å². The number of fused-ring (bicyclic) bond motifs is 1. The number of hydrogen-bond donors (Lipinski definition) is 1. The molecule has 0 aliphatic carbocycles. The minimum atomic E-state index is -3.67. The number of ether oxygens (including phenoxy) is 1. The highest BCUT2D eigenvalue weighted by Crippen LogP contribution is 2.31. The second-order valence-electron chi connectivity index (χ2n) is 9.92. The molecule has 0 radical (unpaired) electrons. The highest BCUT2D eigenvalue weighted by molar-refractivity contribution is 7.89. The van der Waals surface area contributed by atoms with E-state index in [4.69, 9.17) is 4.74 Å². The summed E-state index contributed by atoms with van der Waals surface area (Å²) in [6.07, 6.45) is -0.362. The number of halogens is 2. The lowest BCUT2D eigenvalue weighted by Gasteiger charge is -2.34. The summed E-state index contributed by atoms with van der Waals surface area (Å²) in [5.41, 5.74) is 0.583. The Morgan fingerprint density at radius 2 is 1.74 bits per heavy atom. The normalized spacial score (nSPS) is 21.4. The molecule has 2 saturated heterocycles. The van der Waals surface area contributed by atoms with Gasteiger partial charge in [0.15, 0.2) is 10.9 Å². The molecule has 1 amide bonds. The van der Waals surface area contributed by atoms with Crippen LogP contribution in [0.25, 0.3) is 10.2 Å². The fourth-order valence-electron chi connectivity index (χ4n) is 4.93. The van der Waals surface area contributed by atoms with Gasteiger partial charge in [0.05, 0.1) is 21.8 Å². The number of carbonyl (C=O) groups is 1. The number of rotatable bonds is 7. The van der Waals surface area contributed by atoms with E-state index < -0.39 is 21.7 Å². The summed E-state index contributed by atoms with van der Waals surface area (Å²) in [7, 11) is -3.67. The summed E-state index contributed by atoms with van der Waals surface area (Å²) in [6.45, 7) is 8.24. The van der Waals surface area contributed by atoms with E-state index in [2.05, 4.69) is 20.1 Å². The van der Waals surface area contributed by atoms with Crippen LogP contribution in [0.3, 0.4) is 0 Å². The number of carbonyl (C=O) groups excluding carboxylic acids is 1. The van der Waals surface area contributed by atoms with Gasteiger partial charge < -0.3 is 15.0 Å². The van der Waals surface area contributed by atoms with E-state index in [1.54, 1.807) is 0 Å². The van der Waals surface area contributed by atoms with Gasteiger partial charge in [0.2, 0.25) is 10.0 Å². The van der Waals surface area contributed by atoms with E-state index in [-0.39, 0.29) is 28.5 Å². The summed E-state index contributed by atoms with van der Waals surface area (Å²) in [6, 6.07) is 8.14. The maximum atomic E-state index is 14.0. The quantitative estimate of drug-likeness (QED) is 0.460. The van der Waals surface area contributed by atoms with Gasteiger partial charge in [-0.25, -0.2) is 22.2 Å². The minimum Gasteiger partial charge on any atom is -0.373 e. The van der Waals surface area contributed by atoms with Crippen LogP contribution in [0, 0.1) is 11.6 Å². The van der Waals surface area contributed by atoms with E-state index in [0.29, 0.717) is 54.7 Å². The van der Waals surface area contributed by atoms with Crippen LogP contribution in [-0.2, 0) is 14.8 Å². The van der Waals surface area contributed by atoms with Crippen LogP contribution in [0.4, 0.5) is 13.9 Å². The molecule has 39 heavy (non-hydrogen) atoms. The van der Waals surface area contributed by atoms with Crippen molar-refractivity contribution in [3.63, 3.8) is 0 Å². The average molecular weight is 580 g/mol. The van der Waals surface area contributed by atoms with Gasteiger partial charge in [-0.2, -0.15) is 4.31 Å². The van der Waals surface area contributed by atoms with Gasteiger partial charge >= 0.3 is 0 Å². The number of nitrogens with zero attached hydrogens (tertiary/aromatic N) is 4. The largest absolute Gasteiger partial charge is 0.373 e. The number of amides is 1. The lowest BCUT2D eigenvalue weighted by molar-refractivity contribution is -0.0440. The zero-order chi connectivity index (χ0) is 27.7. The zero-order valence-electron chi connectivity index (χ0n) is 21.8. The van der Waals surface area contributed by atoms with Gasteiger partial charge in [-0.05, 0) is 44.2 Å². The summed E-state index contributed by atoms with van der Waals surface area (Å²) >= 11 is 1.28. The Morgan fingerprint density at radius 3 is 2.41 bits per heavy atom. The molecule has 0 bridgehead atoms. The topological polar surface area (TPSA) is 95.1 Å². The van der Waals surface area contributed by atoms with Crippen molar-refractivity contribution in [2.45, 2.75) is 31.0 Å². The van der Waals surface area contributed by atoms with Crippen molar-refractivity contribution in [1.29, 1.82) is 0 Å². The lowest BCUT2D eigenvalue weighted by atomic mass is 10.2. The van der Waals surface area contributed by atoms with Crippen LogP contribution in [0.5, 0.6) is 0 Å². The molecule has 1 N–H and O–H groups in total. The molecule has 0 spiro atoms. The van der Waals surface area contributed by atoms with Crippen molar-refractivity contribution in [1.82, 2.24) is 19.5 Å². The van der Waals surface area contributed by atoms with Crippen LogP contribution in [0.15, 0.2) is 41.3 Å². The lowest BCUT2D eigenvalue weighted by Crippen LogP contribution is -2.48. The molecule has 5 rings (SSSR count). The van der Waals surface area contributed by atoms with Gasteiger partial charge in [-0.1, -0.05) is 11.3 Å². The summed E-state index contributed by atoms with van der Waals surface area (Å²) in [5.74, 6) is -1.53. The molecule has 2 unspecified atom stereocenters. The number of anilines is 1. The predicted molar refractivity (Wildman–Crippen MR) is 146 cm³/mol. The van der Waals surface area contributed by atoms with E-state index in [1.165, 1.54) is 46.0 Å². The van der Waals surface area contributed by atoms with E-state index in [1.807, 2.05) is 13.8 Å². The maximum absolute atomic E-state index is 14.0. The first-order valence-electron chi connectivity index (χ1n) is 12.9. The number of piperazine rings is 1. The van der Waals surface area contributed by atoms with E-state index in [9.17, 15) is 22.0 Å². The van der Waals surface area contributed by atoms with E-state index in [0.717, 1.165) is 19.2 Å². The number of aromatic nitrogens is 1. The highest BCUT2D eigenvalue weighted by Gasteiger charge is 2.32. The van der Waals surface area contributed by atoms with Crippen LogP contribution < -0.4 is 10.2 Å². The Labute approximate surface area is 230 Å². The van der Waals surface area contributed by atoms with Crippen LogP contribution >= 0.6 is 11.3 Å². The summed E-state index contributed by atoms with van der Waals surface area (Å²) in [4.78, 5) is 21.4. The molecule has 9 nitrogen and oxygen atoms in total. The summed E-state index contributed by atoms with van der Waals surface area (Å²) < 4.78 is 61.1. The third-order valence-corrected chi connectivity index (χ3v) is 9.81. The minimum absolute atomic E-state index is 0.152. The zero-order valence-corrected chi connectivity index (χ0v) is 23.4. The smallest absolute Gasteiger partial charge is 0.251 e. The SMILES string of the molecule is CC1CN(S(=O)(=O)c2ccc(C(=O)NCCN3CCN(c4nc5c(F)cc(F)cc5s4)CC3)cc2)CC(C)O1. The van der Waals surface area contributed by atoms with Crippen molar-refractivity contribution in [3.05, 3.63) is 53.6 Å². The third kappa shape index (κ3) is 6.22. The molecule has 2 aliphatic heterocycles. The Kier molecular flexibility index (Phi) is 8.15. The average Bonchev–Trinajstić information content (AvgIpc) is 3.33. The second-order valence-corrected chi connectivity index (χ2v) is 12.9. The Bertz CT molecular complexity index is 1430.